The lowest BCUT2D eigenvalue weighted by atomic mass is 10.1. The molecule has 0 aliphatic heterocycles. The molecule has 1 atom stereocenters. The number of ether oxygens (including phenoxy) is 1. The second-order valence-corrected chi connectivity index (χ2v) is 5.66. The highest BCUT2D eigenvalue weighted by atomic mass is 16.5. The van der Waals surface area contributed by atoms with Crippen molar-refractivity contribution in [3.05, 3.63) is 65.2 Å². The summed E-state index contributed by atoms with van der Waals surface area (Å²) in [6, 6.07) is 16.5. The number of benzene rings is 2. The molecule has 3 heteroatoms. The van der Waals surface area contributed by atoms with Gasteiger partial charge in [-0.25, -0.2) is 0 Å². The summed E-state index contributed by atoms with van der Waals surface area (Å²) in [5.41, 5.74) is 3.70. The van der Waals surface area contributed by atoms with Crippen molar-refractivity contribution < 1.29 is 9.84 Å². The molecule has 22 heavy (non-hydrogen) atoms. The summed E-state index contributed by atoms with van der Waals surface area (Å²) in [5, 5.41) is 13.3. The maximum Gasteiger partial charge on any atom is 0.119 e. The molecule has 0 aromatic heterocycles. The van der Waals surface area contributed by atoms with Crippen LogP contribution < -0.4 is 10.1 Å². The van der Waals surface area contributed by atoms with Crippen LogP contribution in [0.15, 0.2) is 48.5 Å². The van der Waals surface area contributed by atoms with Gasteiger partial charge in [-0.2, -0.15) is 0 Å². The molecule has 118 valence electrons. The van der Waals surface area contributed by atoms with Crippen LogP contribution in [0.2, 0.25) is 0 Å². The zero-order valence-electron chi connectivity index (χ0n) is 13.4. The van der Waals surface area contributed by atoms with Gasteiger partial charge in [0.05, 0.1) is 13.2 Å². The predicted molar refractivity (Wildman–Crippen MR) is 90.2 cm³/mol. The number of hydrogen-bond donors (Lipinski definition) is 2. The molecule has 0 saturated carbocycles. The van der Waals surface area contributed by atoms with Gasteiger partial charge in [-0.05, 0) is 43.0 Å². The van der Waals surface area contributed by atoms with Crippen LogP contribution in [-0.4, -0.2) is 24.9 Å². The van der Waals surface area contributed by atoms with Gasteiger partial charge in [-0.3, -0.25) is 0 Å². The monoisotopic (exact) mass is 299 g/mol. The Morgan fingerprint density at radius 3 is 2.59 bits per heavy atom. The summed E-state index contributed by atoms with van der Waals surface area (Å²) in [5.74, 6) is 0.860. The Morgan fingerprint density at radius 1 is 1.09 bits per heavy atom. The highest BCUT2D eigenvalue weighted by molar-refractivity contribution is 5.28. The molecule has 0 heterocycles. The van der Waals surface area contributed by atoms with E-state index >= 15 is 0 Å². The van der Waals surface area contributed by atoms with Gasteiger partial charge in [-0.1, -0.05) is 42.0 Å². The minimum atomic E-state index is -0.327. The fourth-order valence-corrected chi connectivity index (χ4v) is 2.36. The highest BCUT2D eigenvalue weighted by Crippen LogP contribution is 2.12. The summed E-state index contributed by atoms with van der Waals surface area (Å²) in [7, 11) is 1.67. The van der Waals surface area contributed by atoms with Crippen molar-refractivity contribution in [3.63, 3.8) is 0 Å². The maximum absolute atomic E-state index is 10.1. The van der Waals surface area contributed by atoms with Crippen molar-refractivity contribution in [1.29, 1.82) is 0 Å². The summed E-state index contributed by atoms with van der Waals surface area (Å²) < 4.78 is 5.20. The van der Waals surface area contributed by atoms with E-state index in [-0.39, 0.29) is 6.10 Å². The average molecular weight is 299 g/mol. The van der Waals surface area contributed by atoms with Crippen LogP contribution in [0.3, 0.4) is 0 Å². The molecular weight excluding hydrogens is 274 g/mol. The number of rotatable bonds is 8. The average Bonchev–Trinajstić information content (AvgIpc) is 2.54. The summed E-state index contributed by atoms with van der Waals surface area (Å²) in [4.78, 5) is 0. The zero-order valence-corrected chi connectivity index (χ0v) is 13.4. The Morgan fingerprint density at radius 2 is 1.86 bits per heavy atom. The SMILES string of the molecule is COc1cccc(CNC[C@H](O)CCc2ccc(C)cc2)c1. The van der Waals surface area contributed by atoms with E-state index in [1.54, 1.807) is 7.11 Å². The fraction of sp³-hybridized carbons (Fsp3) is 0.368. The van der Waals surface area contributed by atoms with Crippen molar-refractivity contribution in [1.82, 2.24) is 5.32 Å². The van der Waals surface area contributed by atoms with Gasteiger partial charge in [0.25, 0.3) is 0 Å². The Hall–Kier alpha value is -1.84. The molecule has 2 aromatic carbocycles. The van der Waals surface area contributed by atoms with Gasteiger partial charge in [0, 0.05) is 13.1 Å². The molecule has 0 fully saturated rings. The lowest BCUT2D eigenvalue weighted by Crippen LogP contribution is -2.26. The molecule has 0 radical (unpaired) electrons. The van der Waals surface area contributed by atoms with Gasteiger partial charge in [0.2, 0.25) is 0 Å². The Bertz CT molecular complexity index is 566. The predicted octanol–water partition coefficient (Wildman–Crippen LogP) is 3.09. The highest BCUT2D eigenvalue weighted by Gasteiger charge is 2.05. The summed E-state index contributed by atoms with van der Waals surface area (Å²) >= 11 is 0. The number of aliphatic hydroxyl groups is 1. The number of nitrogens with one attached hydrogen (secondary N) is 1. The first-order chi connectivity index (χ1) is 10.7. The van der Waals surface area contributed by atoms with E-state index in [1.807, 2.05) is 24.3 Å². The number of methoxy groups -OCH3 is 1. The quantitative estimate of drug-likeness (QED) is 0.787. The standard InChI is InChI=1S/C19H25NO2/c1-15-6-8-16(9-7-15)10-11-18(21)14-20-13-17-4-3-5-19(12-17)22-2/h3-9,12,18,20-21H,10-11,13-14H2,1-2H3/t18-/m1/s1. The van der Waals surface area contributed by atoms with E-state index < -0.39 is 0 Å². The smallest absolute Gasteiger partial charge is 0.119 e. The Balaban J connectivity index is 1.69. The van der Waals surface area contributed by atoms with Crippen LogP contribution in [0.25, 0.3) is 0 Å². The van der Waals surface area contributed by atoms with Crippen molar-refractivity contribution in [2.45, 2.75) is 32.4 Å². The second-order valence-electron chi connectivity index (χ2n) is 5.66. The molecule has 0 saturated heterocycles. The first-order valence-corrected chi connectivity index (χ1v) is 7.74. The number of aryl methyl sites for hydroxylation is 2. The first kappa shape index (κ1) is 16.5. The van der Waals surface area contributed by atoms with Crippen molar-refractivity contribution in [2.24, 2.45) is 0 Å². The van der Waals surface area contributed by atoms with Crippen LogP contribution in [0.4, 0.5) is 0 Å². The van der Waals surface area contributed by atoms with Gasteiger partial charge >= 0.3 is 0 Å². The molecule has 0 spiro atoms. The molecule has 0 aliphatic carbocycles. The molecule has 0 aliphatic rings. The normalized spacial score (nSPS) is 12.1. The Labute approximate surface area is 133 Å². The van der Waals surface area contributed by atoms with Gasteiger partial charge in [0.15, 0.2) is 0 Å². The molecule has 0 bridgehead atoms. The fourth-order valence-electron chi connectivity index (χ4n) is 2.36. The summed E-state index contributed by atoms with van der Waals surface area (Å²) in [6.07, 6.45) is 1.35. The van der Waals surface area contributed by atoms with Crippen LogP contribution >= 0.6 is 0 Å². The number of hydrogen-bond acceptors (Lipinski definition) is 3. The molecule has 2 rings (SSSR count). The molecule has 0 unspecified atom stereocenters. The molecule has 3 nitrogen and oxygen atoms in total. The van der Waals surface area contributed by atoms with Crippen LogP contribution in [0.1, 0.15) is 23.1 Å². The largest absolute Gasteiger partial charge is 0.497 e. The van der Waals surface area contributed by atoms with Crippen molar-refractivity contribution >= 4 is 0 Å². The van der Waals surface area contributed by atoms with Gasteiger partial charge in [-0.15, -0.1) is 0 Å². The minimum Gasteiger partial charge on any atom is -0.497 e. The van der Waals surface area contributed by atoms with Crippen molar-refractivity contribution in [2.75, 3.05) is 13.7 Å². The van der Waals surface area contributed by atoms with E-state index in [0.29, 0.717) is 6.54 Å². The van der Waals surface area contributed by atoms with E-state index in [4.69, 9.17) is 4.74 Å². The molecule has 0 amide bonds. The van der Waals surface area contributed by atoms with E-state index in [2.05, 4.69) is 36.5 Å². The minimum absolute atomic E-state index is 0.327. The van der Waals surface area contributed by atoms with E-state index in [1.165, 1.54) is 11.1 Å². The third-order valence-corrected chi connectivity index (χ3v) is 3.73. The van der Waals surface area contributed by atoms with Crippen LogP contribution in [-0.2, 0) is 13.0 Å². The van der Waals surface area contributed by atoms with Gasteiger partial charge in [0.1, 0.15) is 5.75 Å². The Kier molecular flexibility index (Phi) is 6.44. The van der Waals surface area contributed by atoms with Crippen LogP contribution in [0.5, 0.6) is 5.75 Å². The first-order valence-electron chi connectivity index (χ1n) is 7.74. The maximum atomic E-state index is 10.1. The lowest BCUT2D eigenvalue weighted by Gasteiger charge is -2.12. The van der Waals surface area contributed by atoms with Crippen molar-refractivity contribution in [3.8, 4) is 5.75 Å². The van der Waals surface area contributed by atoms with E-state index in [9.17, 15) is 5.11 Å². The molecule has 2 aromatic rings. The third kappa shape index (κ3) is 5.51. The lowest BCUT2D eigenvalue weighted by molar-refractivity contribution is 0.161. The molecule has 2 N–H and O–H groups in total. The topological polar surface area (TPSA) is 41.5 Å². The third-order valence-electron chi connectivity index (χ3n) is 3.73. The second kappa shape index (κ2) is 8.57. The number of aliphatic hydroxyl groups excluding tert-OH is 1. The summed E-state index contributed by atoms with van der Waals surface area (Å²) in [6.45, 7) is 3.42. The van der Waals surface area contributed by atoms with Crippen LogP contribution in [0, 0.1) is 6.92 Å². The van der Waals surface area contributed by atoms with E-state index in [0.717, 1.165) is 30.7 Å². The zero-order chi connectivity index (χ0) is 15.8. The molecular formula is C19H25NO2. The van der Waals surface area contributed by atoms with Gasteiger partial charge < -0.3 is 15.2 Å².